The molecule has 8 rings (SSSR count). The number of aliphatic hydroxyl groups is 2. The average Bonchev–Trinajstić information content (AvgIpc) is 3.47. The second kappa shape index (κ2) is 6.65. The molecule has 180 valence electrons. The molecule has 6 unspecified atom stereocenters. The fourth-order valence-electron chi connectivity index (χ4n) is 9.65. The van der Waals surface area contributed by atoms with Gasteiger partial charge in [0.05, 0.1) is 30.7 Å². The number of fused-ring (bicyclic) bond motifs is 2. The minimum atomic E-state index is -0.512. The first-order chi connectivity index (χ1) is 16.4. The number of piperidine rings is 4. The summed E-state index contributed by atoms with van der Waals surface area (Å²) in [6.07, 6.45) is 1.83. The van der Waals surface area contributed by atoms with Gasteiger partial charge in [-0.2, -0.15) is 0 Å². The number of quaternary nitrogens is 1. The third-order valence-electron chi connectivity index (χ3n) is 10.6. The zero-order valence-electron chi connectivity index (χ0n) is 19.9. The lowest BCUT2D eigenvalue weighted by Gasteiger charge is -2.67. The Kier molecular flexibility index (Phi) is 4.10. The van der Waals surface area contributed by atoms with E-state index < -0.39 is 18.3 Å². The Morgan fingerprint density at radius 2 is 2.03 bits per heavy atom. The van der Waals surface area contributed by atoms with E-state index in [0.717, 1.165) is 19.3 Å². The maximum Gasteiger partial charge on any atom is 0.373 e. The van der Waals surface area contributed by atoms with E-state index in [1.165, 1.54) is 18.4 Å². The molecule has 6 aliphatic rings. The van der Waals surface area contributed by atoms with Gasteiger partial charge in [-0.25, -0.2) is 4.79 Å². The Morgan fingerprint density at radius 1 is 1.24 bits per heavy atom. The number of ether oxygens (including phenoxy) is 1. The van der Waals surface area contributed by atoms with E-state index in [-0.39, 0.29) is 41.1 Å². The van der Waals surface area contributed by atoms with Crippen molar-refractivity contribution in [3.8, 4) is 0 Å². The van der Waals surface area contributed by atoms with Crippen molar-refractivity contribution in [3.63, 3.8) is 0 Å². The molecule has 5 fully saturated rings. The summed E-state index contributed by atoms with van der Waals surface area (Å²) in [7, 11) is 3.51. The number of aliphatic hydroxyl groups excluding tert-OH is 2. The molecule has 1 aromatic heterocycles. The van der Waals surface area contributed by atoms with Crippen LogP contribution in [0.1, 0.15) is 48.1 Å². The van der Waals surface area contributed by atoms with Gasteiger partial charge in [0.15, 0.2) is 12.0 Å². The zero-order chi connectivity index (χ0) is 23.6. The molecule has 0 radical (unpaired) electrons. The molecule has 7 nitrogen and oxygen atoms in total. The highest BCUT2D eigenvalue weighted by molar-refractivity contribution is 5.86. The number of nitrogens with zero attached hydrogens (tertiary/aromatic N) is 2. The predicted octanol–water partition coefficient (Wildman–Crippen LogP) is 2.65. The maximum absolute atomic E-state index is 12.1. The largest absolute Gasteiger partial charge is 0.463 e. The number of furan rings is 1. The lowest BCUT2D eigenvalue weighted by Crippen LogP contribution is -2.82. The summed E-state index contributed by atoms with van der Waals surface area (Å²) in [5.74, 6) is 1.04. The molecule has 34 heavy (non-hydrogen) atoms. The van der Waals surface area contributed by atoms with Crippen molar-refractivity contribution in [1.82, 2.24) is 0 Å². The topological polar surface area (TPSA) is 83.1 Å². The second-order valence-electron chi connectivity index (χ2n) is 11.3. The summed E-state index contributed by atoms with van der Waals surface area (Å²) in [5, 5.41) is 24.1. The summed E-state index contributed by atoms with van der Waals surface area (Å²) in [4.78, 5) is 14.4. The van der Waals surface area contributed by atoms with E-state index >= 15 is 0 Å². The monoisotopic (exact) mass is 465 g/mol. The molecule has 7 heteroatoms. The Hall–Kier alpha value is -2.35. The molecule has 1 spiro atoms. The van der Waals surface area contributed by atoms with Gasteiger partial charge < -0.3 is 24.3 Å². The van der Waals surface area contributed by atoms with Crippen LogP contribution in [0.2, 0.25) is 0 Å². The van der Waals surface area contributed by atoms with E-state index in [4.69, 9.17) is 9.15 Å². The van der Waals surface area contributed by atoms with Crippen molar-refractivity contribution in [2.24, 2.45) is 17.8 Å². The molecule has 10 atom stereocenters. The van der Waals surface area contributed by atoms with Gasteiger partial charge in [-0.05, 0) is 36.1 Å². The molecule has 1 aliphatic carbocycles. The van der Waals surface area contributed by atoms with Crippen molar-refractivity contribution in [3.05, 3.63) is 53.5 Å². The van der Waals surface area contributed by atoms with Crippen molar-refractivity contribution in [1.29, 1.82) is 0 Å². The lowest BCUT2D eigenvalue weighted by atomic mass is 9.60. The number of benzene rings is 1. The van der Waals surface area contributed by atoms with Gasteiger partial charge in [0.2, 0.25) is 5.76 Å². The normalized spacial score (nSPS) is 44.9. The van der Waals surface area contributed by atoms with E-state index in [9.17, 15) is 15.0 Å². The summed E-state index contributed by atoms with van der Waals surface area (Å²) in [6, 6.07) is 12.6. The molecule has 1 aromatic carbocycles. The fourth-order valence-corrected chi connectivity index (χ4v) is 9.65. The number of esters is 1. The smallest absolute Gasteiger partial charge is 0.373 e. The Labute approximate surface area is 199 Å². The van der Waals surface area contributed by atoms with Crippen LogP contribution in [-0.2, 0) is 16.7 Å². The van der Waals surface area contributed by atoms with E-state index in [1.807, 2.05) is 6.07 Å². The Morgan fingerprint density at radius 3 is 2.79 bits per heavy atom. The fraction of sp³-hybridized carbons (Fsp3) is 0.593. The molecular formula is C27H33N2O5+. The molecule has 5 bridgehead atoms. The number of anilines is 1. The van der Waals surface area contributed by atoms with Gasteiger partial charge in [0.25, 0.3) is 0 Å². The quantitative estimate of drug-likeness (QED) is 0.534. The molecule has 4 saturated heterocycles. The molecule has 1 saturated carbocycles. The Balaban J connectivity index is 1.41. The van der Waals surface area contributed by atoms with Crippen molar-refractivity contribution < 1.29 is 28.6 Å². The summed E-state index contributed by atoms with van der Waals surface area (Å²) in [6.45, 7) is 2.69. The number of carbonyl (C=O) groups excluding carboxylic acids is 1. The molecular weight excluding hydrogens is 432 g/mol. The average molecular weight is 466 g/mol. The van der Waals surface area contributed by atoms with Crippen LogP contribution < -0.4 is 4.90 Å². The molecule has 0 amide bonds. The van der Waals surface area contributed by atoms with Gasteiger partial charge in [-0.3, -0.25) is 4.48 Å². The van der Waals surface area contributed by atoms with Crippen molar-refractivity contribution >= 4 is 11.7 Å². The third-order valence-corrected chi connectivity index (χ3v) is 10.6. The van der Waals surface area contributed by atoms with E-state index in [1.54, 1.807) is 6.07 Å². The first-order valence-electron chi connectivity index (χ1n) is 12.6. The van der Waals surface area contributed by atoms with Crippen LogP contribution in [0.25, 0.3) is 0 Å². The number of hydrogen-bond acceptors (Lipinski definition) is 6. The number of para-hydroxylation sites is 1. The van der Waals surface area contributed by atoms with Crippen LogP contribution in [0.5, 0.6) is 0 Å². The van der Waals surface area contributed by atoms with Gasteiger partial charge in [-0.15, -0.1) is 0 Å². The summed E-state index contributed by atoms with van der Waals surface area (Å²) >= 11 is 0. The lowest BCUT2D eigenvalue weighted by molar-refractivity contribution is -1.05. The van der Waals surface area contributed by atoms with Crippen LogP contribution in [0.4, 0.5) is 5.69 Å². The standard InChI is InChI=1S/C27H33N2O5/c1-4-15-16-11-19-23-27(17-7-5-6-8-18(17)28(23)2)12-20(22(16)24(27)30)29(19,25(15)31)13-14-9-10-21(34-14)26(32)33-3/h5-10,15-16,19-20,22-25,30-31H,4,11-13H2,1-3H3/q+1/t15?,16-,19?,20-,22?,23?,24-,25+,27?,29?/m0/s1. The maximum atomic E-state index is 12.1. The number of rotatable bonds is 4. The van der Waals surface area contributed by atoms with Crippen LogP contribution in [0.3, 0.4) is 0 Å². The van der Waals surface area contributed by atoms with Crippen molar-refractivity contribution in [2.45, 2.75) is 68.6 Å². The minimum absolute atomic E-state index is 0.119. The highest BCUT2D eigenvalue weighted by Gasteiger charge is 2.83. The number of methoxy groups -OCH3 is 1. The van der Waals surface area contributed by atoms with Gasteiger partial charge in [0.1, 0.15) is 12.6 Å². The van der Waals surface area contributed by atoms with Gasteiger partial charge in [-0.1, -0.05) is 25.1 Å². The van der Waals surface area contributed by atoms with Gasteiger partial charge in [0, 0.05) is 37.4 Å². The first-order valence-corrected chi connectivity index (χ1v) is 12.6. The highest BCUT2D eigenvalue weighted by atomic mass is 16.5. The molecule has 2 aromatic rings. The molecule has 6 heterocycles. The second-order valence-corrected chi connectivity index (χ2v) is 11.3. The van der Waals surface area contributed by atoms with Crippen molar-refractivity contribution in [2.75, 3.05) is 19.1 Å². The predicted molar refractivity (Wildman–Crippen MR) is 124 cm³/mol. The van der Waals surface area contributed by atoms with Crippen LogP contribution >= 0.6 is 0 Å². The number of carbonyl (C=O) groups is 1. The molecule has 2 N–H and O–H groups in total. The molecule has 5 aliphatic heterocycles. The SMILES string of the molecule is CCC1[C@@H]2CC3C4N(C)c5ccccc5C45C[C@@H](C2[C@@H]5O)[N+]3(Cc2ccc(C(=O)OC)o2)[C@@H]1O. The number of likely N-dealkylation sites (N-methyl/N-ethyl adjacent to an activating group) is 1. The van der Waals surface area contributed by atoms with E-state index in [2.05, 4.69) is 43.1 Å². The highest BCUT2D eigenvalue weighted by Crippen LogP contribution is 2.71. The van der Waals surface area contributed by atoms with Crippen LogP contribution in [0.15, 0.2) is 40.8 Å². The third kappa shape index (κ3) is 2.10. The first kappa shape index (κ1) is 21.0. The minimum Gasteiger partial charge on any atom is -0.463 e. The van der Waals surface area contributed by atoms with Gasteiger partial charge >= 0.3 is 5.97 Å². The van der Waals surface area contributed by atoms with Crippen LogP contribution in [0, 0.1) is 17.8 Å². The summed E-state index contributed by atoms with van der Waals surface area (Å²) in [5.41, 5.74) is 2.20. The zero-order valence-corrected chi connectivity index (χ0v) is 19.9. The van der Waals surface area contributed by atoms with Crippen LogP contribution in [-0.4, -0.2) is 65.3 Å². The Bertz CT molecular complexity index is 1180. The van der Waals surface area contributed by atoms with E-state index in [0.29, 0.717) is 22.7 Å². The number of hydrogen-bond donors (Lipinski definition) is 2. The summed E-state index contributed by atoms with van der Waals surface area (Å²) < 4.78 is 11.3.